The highest BCUT2D eigenvalue weighted by atomic mass is 32.2. The molecular weight excluding hydrogens is 479 g/mol. The van der Waals surface area contributed by atoms with E-state index < -0.39 is 17.0 Å². The highest BCUT2D eigenvalue weighted by Crippen LogP contribution is 2.31. The zero-order chi connectivity index (χ0) is 25.7. The fourth-order valence-electron chi connectivity index (χ4n) is 3.42. The van der Waals surface area contributed by atoms with E-state index in [1.54, 1.807) is 73.7 Å². The first kappa shape index (κ1) is 24.9. The Bertz CT molecular complexity index is 1360. The average Bonchev–Trinajstić information content (AvgIpc) is 3.16. The summed E-state index contributed by atoms with van der Waals surface area (Å²) in [5.74, 6) is -1.34. The number of rotatable bonds is 6. The number of carbonyl (C=O) groups is 3. The van der Waals surface area contributed by atoms with E-state index in [1.807, 2.05) is 6.07 Å². The Kier molecular flexibility index (Phi) is 7.60. The van der Waals surface area contributed by atoms with E-state index >= 15 is 0 Å². The Morgan fingerprint density at radius 2 is 1.56 bits per heavy atom. The molecule has 1 aliphatic heterocycles. The number of amidine groups is 1. The van der Waals surface area contributed by atoms with Crippen molar-refractivity contribution >= 4 is 57.8 Å². The highest BCUT2D eigenvalue weighted by Gasteiger charge is 2.34. The van der Waals surface area contributed by atoms with Crippen molar-refractivity contribution < 1.29 is 18.8 Å². The number of anilines is 3. The Hall–Kier alpha value is -4.24. The first-order valence-electron chi connectivity index (χ1n) is 11.1. The van der Waals surface area contributed by atoms with Crippen LogP contribution in [0.4, 0.5) is 21.5 Å². The van der Waals surface area contributed by atoms with Crippen molar-refractivity contribution in [2.75, 3.05) is 15.5 Å². The van der Waals surface area contributed by atoms with E-state index in [0.717, 1.165) is 11.8 Å². The van der Waals surface area contributed by atoms with Crippen LogP contribution in [0, 0.1) is 5.82 Å². The lowest BCUT2D eigenvalue weighted by molar-refractivity contribution is -0.116. The summed E-state index contributed by atoms with van der Waals surface area (Å²) >= 11 is 1.12. The van der Waals surface area contributed by atoms with Gasteiger partial charge < -0.3 is 10.6 Å². The third kappa shape index (κ3) is 5.87. The lowest BCUT2D eigenvalue weighted by atomic mass is 10.1. The molecule has 0 saturated heterocycles. The minimum atomic E-state index is -0.606. The molecule has 182 valence electrons. The van der Waals surface area contributed by atoms with Crippen molar-refractivity contribution in [3.8, 4) is 0 Å². The van der Waals surface area contributed by atoms with Gasteiger partial charge in [0.1, 0.15) is 11.5 Å². The van der Waals surface area contributed by atoms with E-state index in [9.17, 15) is 18.8 Å². The maximum atomic E-state index is 14.2. The zero-order valence-corrected chi connectivity index (χ0v) is 20.4. The third-order valence-electron chi connectivity index (χ3n) is 5.17. The third-order valence-corrected chi connectivity index (χ3v) is 6.22. The summed E-state index contributed by atoms with van der Waals surface area (Å²) in [6, 6.07) is 21.8. The van der Waals surface area contributed by atoms with Crippen molar-refractivity contribution in [1.82, 2.24) is 0 Å². The zero-order valence-electron chi connectivity index (χ0n) is 19.6. The van der Waals surface area contributed by atoms with Crippen LogP contribution in [0.15, 0.2) is 89.6 Å². The van der Waals surface area contributed by atoms with Gasteiger partial charge in [0, 0.05) is 23.9 Å². The van der Waals surface area contributed by atoms with Crippen molar-refractivity contribution in [2.45, 2.75) is 19.1 Å². The molecule has 1 heterocycles. The largest absolute Gasteiger partial charge is 0.326 e. The van der Waals surface area contributed by atoms with Gasteiger partial charge in [-0.15, -0.1) is 0 Å². The fraction of sp³-hybridized carbons (Fsp3) is 0.111. The molecule has 0 saturated carbocycles. The quantitative estimate of drug-likeness (QED) is 0.448. The van der Waals surface area contributed by atoms with Crippen LogP contribution < -0.4 is 15.5 Å². The Balaban J connectivity index is 1.55. The van der Waals surface area contributed by atoms with Crippen LogP contribution in [0.2, 0.25) is 0 Å². The molecule has 1 aliphatic rings. The monoisotopic (exact) mass is 502 g/mol. The predicted molar refractivity (Wildman–Crippen MR) is 142 cm³/mol. The first-order chi connectivity index (χ1) is 17.3. The highest BCUT2D eigenvalue weighted by molar-refractivity contribution is 8.15. The maximum Gasteiger partial charge on any atom is 0.283 e. The van der Waals surface area contributed by atoms with Crippen LogP contribution in [0.1, 0.15) is 19.4 Å². The molecule has 0 fully saturated rings. The van der Waals surface area contributed by atoms with Gasteiger partial charge in [0.05, 0.1) is 10.9 Å². The lowest BCUT2D eigenvalue weighted by Gasteiger charge is -2.20. The fourth-order valence-corrected chi connectivity index (χ4v) is 4.34. The van der Waals surface area contributed by atoms with E-state index in [0.29, 0.717) is 22.2 Å². The van der Waals surface area contributed by atoms with Crippen LogP contribution in [-0.2, 0) is 14.4 Å². The summed E-state index contributed by atoms with van der Waals surface area (Å²) < 4.78 is 14.2. The maximum absolute atomic E-state index is 14.2. The number of halogens is 1. The van der Waals surface area contributed by atoms with Gasteiger partial charge in [0.2, 0.25) is 11.8 Å². The Morgan fingerprint density at radius 1 is 0.944 bits per heavy atom. The molecule has 36 heavy (non-hydrogen) atoms. The lowest BCUT2D eigenvalue weighted by Crippen LogP contribution is -2.33. The minimum Gasteiger partial charge on any atom is -0.326 e. The van der Waals surface area contributed by atoms with Crippen LogP contribution >= 0.6 is 11.8 Å². The summed E-state index contributed by atoms with van der Waals surface area (Å²) in [7, 11) is 0. The van der Waals surface area contributed by atoms with Crippen molar-refractivity contribution in [1.29, 1.82) is 0 Å². The van der Waals surface area contributed by atoms with Gasteiger partial charge in [-0.1, -0.05) is 48.2 Å². The van der Waals surface area contributed by atoms with E-state index in [2.05, 4.69) is 15.6 Å². The molecule has 0 radical (unpaired) electrons. The Morgan fingerprint density at radius 3 is 2.19 bits per heavy atom. The topological polar surface area (TPSA) is 90.9 Å². The van der Waals surface area contributed by atoms with E-state index in [1.165, 1.54) is 24.0 Å². The predicted octanol–water partition coefficient (Wildman–Crippen LogP) is 5.29. The number of nitrogens with one attached hydrogen (secondary N) is 2. The van der Waals surface area contributed by atoms with Gasteiger partial charge in [-0.2, -0.15) is 0 Å². The van der Waals surface area contributed by atoms with E-state index in [4.69, 9.17) is 0 Å². The summed E-state index contributed by atoms with van der Waals surface area (Å²) in [4.78, 5) is 43.2. The number of nitrogens with zero attached hydrogens (tertiary/aromatic N) is 2. The van der Waals surface area contributed by atoms with Gasteiger partial charge in [-0.3, -0.25) is 19.3 Å². The summed E-state index contributed by atoms with van der Waals surface area (Å²) in [6.45, 7) is 3.13. The number of amides is 3. The van der Waals surface area contributed by atoms with Crippen LogP contribution in [0.5, 0.6) is 0 Å². The van der Waals surface area contributed by atoms with Crippen molar-refractivity contribution in [3.05, 3.63) is 95.9 Å². The minimum absolute atomic E-state index is 0.0765. The normalized spacial score (nSPS) is 15.0. The molecule has 1 unspecified atom stereocenters. The molecule has 9 heteroatoms. The van der Waals surface area contributed by atoms with Crippen LogP contribution in [-0.4, -0.2) is 28.1 Å². The molecule has 4 rings (SSSR count). The van der Waals surface area contributed by atoms with Crippen molar-refractivity contribution in [3.63, 3.8) is 0 Å². The molecule has 3 aromatic carbocycles. The van der Waals surface area contributed by atoms with Crippen molar-refractivity contribution in [2.24, 2.45) is 4.99 Å². The Labute approximate surface area is 212 Å². The van der Waals surface area contributed by atoms with Gasteiger partial charge in [0.15, 0.2) is 5.17 Å². The number of aliphatic imine (C=N–C) groups is 1. The molecule has 1 atom stereocenters. The first-order valence-corrected chi connectivity index (χ1v) is 12.0. The number of thioether (sulfide) groups is 1. The second kappa shape index (κ2) is 11.0. The summed E-state index contributed by atoms with van der Waals surface area (Å²) in [5, 5.41) is 5.20. The standard InChI is InChI=1S/C27H23FN4O3S/c1-17(25(34)30-21-14-12-20(13-15-21)29-18(2)33)36-27-31-24(16-19-8-6-7-11-23(19)28)26(35)32(27)22-9-4-3-5-10-22/h3-17H,1-2H3,(H,29,33)(H,30,34)/b24-16+. The van der Waals surface area contributed by atoms with Gasteiger partial charge in [0.25, 0.3) is 5.91 Å². The van der Waals surface area contributed by atoms with Crippen LogP contribution in [0.25, 0.3) is 6.08 Å². The molecule has 2 N–H and O–H groups in total. The van der Waals surface area contributed by atoms with Gasteiger partial charge in [-0.05, 0) is 55.5 Å². The van der Waals surface area contributed by atoms with Gasteiger partial charge in [-0.25, -0.2) is 9.38 Å². The summed E-state index contributed by atoms with van der Waals surface area (Å²) in [6.07, 6.45) is 1.41. The number of hydrogen-bond donors (Lipinski definition) is 2. The van der Waals surface area contributed by atoms with Gasteiger partial charge >= 0.3 is 0 Å². The molecule has 7 nitrogen and oxygen atoms in total. The average molecular weight is 503 g/mol. The molecule has 3 aromatic rings. The SMILES string of the molecule is CC(=O)Nc1ccc(NC(=O)C(C)SC2=N/C(=C/c3ccccc3F)C(=O)N2c2ccccc2)cc1. The number of benzene rings is 3. The number of para-hydroxylation sites is 1. The summed E-state index contributed by atoms with van der Waals surface area (Å²) in [5.41, 5.74) is 2.09. The second-order valence-electron chi connectivity index (χ2n) is 7.93. The molecule has 0 aromatic heterocycles. The number of hydrogen-bond acceptors (Lipinski definition) is 5. The number of carbonyl (C=O) groups excluding carboxylic acids is 3. The molecule has 0 spiro atoms. The van der Waals surface area contributed by atoms with Crippen LogP contribution in [0.3, 0.4) is 0 Å². The molecule has 3 amide bonds. The molecule has 0 aliphatic carbocycles. The molecule has 0 bridgehead atoms. The second-order valence-corrected chi connectivity index (χ2v) is 9.24. The smallest absolute Gasteiger partial charge is 0.283 e. The molecular formula is C27H23FN4O3S. The van der Waals surface area contributed by atoms with E-state index in [-0.39, 0.29) is 23.1 Å².